The molecule has 8 nitrogen and oxygen atoms in total. The van der Waals surface area contributed by atoms with Crippen LogP contribution in [0.3, 0.4) is 0 Å². The highest BCUT2D eigenvalue weighted by atomic mass is 32.2. The van der Waals surface area contributed by atoms with Crippen LogP contribution in [0.2, 0.25) is 0 Å². The van der Waals surface area contributed by atoms with Crippen LogP contribution in [0.1, 0.15) is 30.0 Å². The maximum Gasteiger partial charge on any atom is 0.257 e. The molecule has 0 fully saturated rings. The maximum atomic E-state index is 12.3. The molecular weight excluding hydrogens is 320 g/mol. The summed E-state index contributed by atoms with van der Waals surface area (Å²) in [6.07, 6.45) is 1.38. The lowest BCUT2D eigenvalue weighted by Gasteiger charge is -2.09. The lowest BCUT2D eigenvalue weighted by Crippen LogP contribution is -2.30. The van der Waals surface area contributed by atoms with E-state index in [1.165, 1.54) is 17.2 Å². The van der Waals surface area contributed by atoms with E-state index in [2.05, 4.69) is 14.9 Å². The molecule has 0 aliphatic carbocycles. The Bertz CT molecular complexity index is 818. The molecule has 0 unspecified atom stereocenters. The van der Waals surface area contributed by atoms with Gasteiger partial charge in [0.2, 0.25) is 10.0 Å². The fraction of sp³-hybridized carbons (Fsp3) is 0.429. The first-order valence-corrected chi connectivity index (χ1v) is 8.50. The minimum atomic E-state index is -3.68. The summed E-state index contributed by atoms with van der Waals surface area (Å²) >= 11 is 0. The number of aryl methyl sites for hydroxylation is 1. The van der Waals surface area contributed by atoms with Gasteiger partial charge in [0.15, 0.2) is 5.76 Å². The number of aromatic nitrogens is 2. The van der Waals surface area contributed by atoms with E-state index < -0.39 is 10.0 Å². The van der Waals surface area contributed by atoms with Gasteiger partial charge in [0.1, 0.15) is 16.3 Å². The molecule has 0 radical (unpaired) electrons. The van der Waals surface area contributed by atoms with Crippen LogP contribution in [0.15, 0.2) is 21.6 Å². The van der Waals surface area contributed by atoms with Crippen LogP contribution < -0.4 is 4.72 Å². The van der Waals surface area contributed by atoms with E-state index in [9.17, 15) is 13.2 Å². The van der Waals surface area contributed by atoms with Gasteiger partial charge >= 0.3 is 0 Å². The van der Waals surface area contributed by atoms with Crippen LogP contribution in [-0.2, 0) is 10.0 Å². The lowest BCUT2D eigenvalue weighted by molar-refractivity contribution is 0.0828. The van der Waals surface area contributed by atoms with E-state index in [4.69, 9.17) is 4.42 Å². The van der Waals surface area contributed by atoms with Crippen molar-refractivity contribution in [2.75, 3.05) is 14.1 Å². The average Bonchev–Trinajstić information content (AvgIpc) is 3.02. The van der Waals surface area contributed by atoms with Gasteiger partial charge in [0.05, 0.1) is 11.8 Å². The third kappa shape index (κ3) is 3.45. The van der Waals surface area contributed by atoms with Crippen molar-refractivity contribution in [2.24, 2.45) is 0 Å². The predicted octanol–water partition coefficient (Wildman–Crippen LogP) is 1.37. The molecule has 2 heterocycles. The largest absolute Gasteiger partial charge is 0.458 e. The Labute approximate surface area is 134 Å². The number of aromatic amines is 1. The molecule has 23 heavy (non-hydrogen) atoms. The number of hydrogen-bond acceptors (Lipinski definition) is 5. The van der Waals surface area contributed by atoms with Crippen LogP contribution in [0.5, 0.6) is 0 Å². The molecule has 0 atom stereocenters. The minimum Gasteiger partial charge on any atom is -0.458 e. The topological polar surface area (TPSA) is 108 Å². The summed E-state index contributed by atoms with van der Waals surface area (Å²) in [4.78, 5) is 13.6. The summed E-state index contributed by atoms with van der Waals surface area (Å²) in [5, 5.41) is 6.54. The Morgan fingerprint density at radius 2 is 2.04 bits per heavy atom. The van der Waals surface area contributed by atoms with Crippen molar-refractivity contribution >= 4 is 15.9 Å². The highest BCUT2D eigenvalue weighted by Crippen LogP contribution is 2.29. The quantitative estimate of drug-likeness (QED) is 0.854. The van der Waals surface area contributed by atoms with Crippen molar-refractivity contribution in [3.8, 4) is 11.5 Å². The zero-order valence-corrected chi connectivity index (χ0v) is 14.5. The van der Waals surface area contributed by atoms with Gasteiger partial charge in [-0.25, -0.2) is 13.1 Å². The summed E-state index contributed by atoms with van der Waals surface area (Å²) < 4.78 is 32.6. The Balaban J connectivity index is 2.48. The molecule has 0 aromatic carbocycles. The molecule has 126 valence electrons. The van der Waals surface area contributed by atoms with Gasteiger partial charge in [0, 0.05) is 26.2 Å². The van der Waals surface area contributed by atoms with Gasteiger partial charge in [-0.05, 0) is 20.8 Å². The smallest absolute Gasteiger partial charge is 0.257 e. The Hall–Kier alpha value is -2.13. The number of rotatable bonds is 5. The molecule has 0 aliphatic rings. The molecule has 2 aromatic heterocycles. The second kappa shape index (κ2) is 6.17. The first kappa shape index (κ1) is 17.2. The zero-order chi connectivity index (χ0) is 17.4. The third-order valence-corrected chi connectivity index (χ3v) is 4.84. The number of sulfonamides is 1. The van der Waals surface area contributed by atoms with E-state index in [0.717, 1.165) is 0 Å². The maximum absolute atomic E-state index is 12.3. The molecular formula is C14H20N4O4S. The van der Waals surface area contributed by atoms with Gasteiger partial charge in [-0.1, -0.05) is 0 Å². The predicted molar refractivity (Wildman–Crippen MR) is 84.5 cm³/mol. The van der Waals surface area contributed by atoms with Crippen LogP contribution in [-0.4, -0.2) is 49.6 Å². The first-order valence-electron chi connectivity index (χ1n) is 7.01. The van der Waals surface area contributed by atoms with E-state index >= 15 is 0 Å². The number of hydrogen-bond donors (Lipinski definition) is 2. The number of amides is 1. The second-order valence-electron chi connectivity index (χ2n) is 5.67. The molecule has 0 aliphatic heterocycles. The molecule has 9 heteroatoms. The average molecular weight is 340 g/mol. The molecule has 2 aromatic rings. The van der Waals surface area contributed by atoms with Crippen molar-refractivity contribution in [3.05, 3.63) is 23.6 Å². The SMILES string of the molecule is Cc1oc(-c2[nH]ncc2C(=O)N(C)C)cc1S(=O)(=O)NC(C)C. The van der Waals surface area contributed by atoms with Gasteiger partial charge in [-0.3, -0.25) is 9.89 Å². The minimum absolute atomic E-state index is 0.0408. The fourth-order valence-corrected chi connectivity index (χ4v) is 3.54. The van der Waals surface area contributed by atoms with Crippen LogP contribution in [0.4, 0.5) is 0 Å². The van der Waals surface area contributed by atoms with Gasteiger partial charge in [0.25, 0.3) is 5.91 Å². The highest BCUT2D eigenvalue weighted by Gasteiger charge is 2.25. The van der Waals surface area contributed by atoms with Gasteiger partial charge in [-0.15, -0.1) is 0 Å². The number of nitrogens with zero attached hydrogens (tertiary/aromatic N) is 2. The molecule has 0 bridgehead atoms. The molecule has 1 amide bonds. The van der Waals surface area contributed by atoms with Crippen molar-refractivity contribution in [2.45, 2.75) is 31.7 Å². The van der Waals surface area contributed by atoms with E-state index in [1.807, 2.05) is 0 Å². The van der Waals surface area contributed by atoms with Crippen LogP contribution in [0, 0.1) is 6.92 Å². The van der Waals surface area contributed by atoms with Crippen molar-refractivity contribution < 1.29 is 17.6 Å². The summed E-state index contributed by atoms with van der Waals surface area (Å²) in [5.74, 6) is 0.229. The van der Waals surface area contributed by atoms with Gasteiger partial charge in [-0.2, -0.15) is 5.10 Å². The van der Waals surface area contributed by atoms with Crippen molar-refractivity contribution in [1.29, 1.82) is 0 Å². The van der Waals surface area contributed by atoms with Crippen LogP contribution in [0.25, 0.3) is 11.5 Å². The summed E-state index contributed by atoms with van der Waals surface area (Å²) in [5.41, 5.74) is 0.655. The number of nitrogens with one attached hydrogen (secondary N) is 2. The number of furan rings is 1. The summed E-state index contributed by atoms with van der Waals surface area (Å²) in [6.45, 7) is 5.02. The molecule has 2 N–H and O–H groups in total. The summed E-state index contributed by atoms with van der Waals surface area (Å²) in [6, 6.07) is 1.15. The lowest BCUT2D eigenvalue weighted by atomic mass is 10.2. The summed E-state index contributed by atoms with van der Waals surface area (Å²) in [7, 11) is -0.443. The standard InChI is InChI=1S/C14H20N4O4S/c1-8(2)17-23(20,21)12-6-11(22-9(12)3)13-10(7-15-16-13)14(19)18(4)5/h6-8,17H,1-5H3,(H,15,16). The van der Waals surface area contributed by atoms with Gasteiger partial charge < -0.3 is 9.32 Å². The van der Waals surface area contributed by atoms with Crippen molar-refractivity contribution in [1.82, 2.24) is 19.8 Å². The van der Waals surface area contributed by atoms with Crippen LogP contribution >= 0.6 is 0 Å². The Morgan fingerprint density at radius 3 is 2.61 bits per heavy atom. The van der Waals surface area contributed by atoms with E-state index in [1.54, 1.807) is 34.9 Å². The highest BCUT2D eigenvalue weighted by molar-refractivity contribution is 7.89. The normalized spacial score (nSPS) is 11.9. The number of carbonyl (C=O) groups excluding carboxylic acids is 1. The molecule has 0 spiro atoms. The van der Waals surface area contributed by atoms with Crippen molar-refractivity contribution in [3.63, 3.8) is 0 Å². The Morgan fingerprint density at radius 1 is 1.39 bits per heavy atom. The third-order valence-electron chi connectivity index (χ3n) is 3.07. The number of H-pyrrole nitrogens is 1. The van der Waals surface area contributed by atoms with E-state index in [-0.39, 0.29) is 28.4 Å². The molecule has 0 saturated carbocycles. The monoisotopic (exact) mass is 340 g/mol. The molecule has 2 rings (SSSR count). The second-order valence-corrected chi connectivity index (χ2v) is 7.35. The Kier molecular flexibility index (Phi) is 4.62. The fourth-order valence-electron chi connectivity index (χ4n) is 2.11. The van der Waals surface area contributed by atoms with E-state index in [0.29, 0.717) is 11.3 Å². The number of carbonyl (C=O) groups is 1. The zero-order valence-electron chi connectivity index (χ0n) is 13.7. The first-order chi connectivity index (χ1) is 10.6. The molecule has 0 saturated heterocycles.